The minimum absolute atomic E-state index is 0.162. The molecule has 5 rings (SSSR count). The molecule has 4 aromatic rings. The highest BCUT2D eigenvalue weighted by molar-refractivity contribution is 7.92. The molecular weight excluding hydrogens is 552 g/mol. The second-order valence-electron chi connectivity index (χ2n) is 11.0. The van der Waals surface area contributed by atoms with Gasteiger partial charge in [-0.3, -0.25) is 13.9 Å². The maximum absolute atomic E-state index is 12.5. The molecule has 0 saturated carbocycles. The first-order chi connectivity index (χ1) is 20.0. The zero-order chi connectivity index (χ0) is 30.0. The van der Waals surface area contributed by atoms with Gasteiger partial charge < -0.3 is 15.4 Å². The molecule has 1 aliphatic heterocycles. The van der Waals surface area contributed by atoms with Crippen LogP contribution in [-0.4, -0.2) is 52.8 Å². The van der Waals surface area contributed by atoms with Gasteiger partial charge >= 0.3 is 0 Å². The molecule has 224 valence electrons. The summed E-state index contributed by atoms with van der Waals surface area (Å²) in [6.45, 7) is 8.71. The number of aryl methyl sites for hydroxylation is 4. The molecule has 12 heteroatoms. The smallest absolute Gasteiger partial charge is 0.232 e. The van der Waals surface area contributed by atoms with Crippen molar-refractivity contribution in [1.29, 1.82) is 0 Å². The van der Waals surface area contributed by atoms with Gasteiger partial charge in [0.05, 0.1) is 40.9 Å². The van der Waals surface area contributed by atoms with E-state index in [0.29, 0.717) is 46.5 Å². The molecule has 4 heterocycles. The van der Waals surface area contributed by atoms with Crippen LogP contribution in [0.2, 0.25) is 0 Å². The number of ether oxygens (including phenoxy) is 1. The van der Waals surface area contributed by atoms with E-state index in [0.717, 1.165) is 61.3 Å². The highest BCUT2D eigenvalue weighted by atomic mass is 32.2. The van der Waals surface area contributed by atoms with Crippen molar-refractivity contribution < 1.29 is 13.2 Å². The highest BCUT2D eigenvalue weighted by Crippen LogP contribution is 2.36. The number of sulfonamides is 1. The molecule has 0 amide bonds. The topological polar surface area (TPSA) is 127 Å². The van der Waals surface area contributed by atoms with Crippen molar-refractivity contribution in [3.05, 3.63) is 53.2 Å². The SMILES string of the molecule is CCCCc1ncc(Nc2cc(Nc3ccc(C)cc3N(C)S(C)(=O)=O)c3nc(C)n(C4CCCCO4)c3n2)nc1C. The third-order valence-corrected chi connectivity index (χ3v) is 8.79. The molecule has 1 saturated heterocycles. The standard InChI is InChI=1S/C30H40N8O3S/c1-7-8-11-22-20(3)32-27(18-31-22)35-26-17-24(34-23-14-13-19(2)16-25(23)37(5)42(6,39)40)29-30(36-26)38(21(4)33-29)28-12-9-10-15-41-28/h13-14,16-18,28H,7-12,15H2,1-6H3,(H2,32,34,35,36). The summed E-state index contributed by atoms with van der Waals surface area (Å²) in [6.07, 6.45) is 8.81. The third kappa shape index (κ3) is 6.34. The summed E-state index contributed by atoms with van der Waals surface area (Å²) >= 11 is 0. The van der Waals surface area contributed by atoms with Gasteiger partial charge in [-0.2, -0.15) is 0 Å². The normalized spacial score (nSPS) is 15.6. The van der Waals surface area contributed by atoms with Gasteiger partial charge in [-0.1, -0.05) is 19.4 Å². The van der Waals surface area contributed by atoms with Crippen molar-refractivity contribution in [3.8, 4) is 0 Å². The Labute approximate surface area is 247 Å². The van der Waals surface area contributed by atoms with Gasteiger partial charge in [0.15, 0.2) is 5.65 Å². The third-order valence-electron chi connectivity index (χ3n) is 7.60. The number of imidazole rings is 1. The lowest BCUT2D eigenvalue weighted by molar-refractivity contribution is -0.0308. The quantitative estimate of drug-likeness (QED) is 0.225. The molecule has 11 nitrogen and oxygen atoms in total. The van der Waals surface area contributed by atoms with Gasteiger partial charge in [0, 0.05) is 19.7 Å². The molecule has 42 heavy (non-hydrogen) atoms. The molecular formula is C30H40N8O3S. The van der Waals surface area contributed by atoms with E-state index in [2.05, 4.69) is 22.5 Å². The van der Waals surface area contributed by atoms with Crippen LogP contribution in [0, 0.1) is 20.8 Å². The van der Waals surface area contributed by atoms with Crippen LogP contribution in [0.3, 0.4) is 0 Å². The van der Waals surface area contributed by atoms with E-state index < -0.39 is 10.0 Å². The number of unbranched alkanes of at least 4 members (excludes halogenated alkanes) is 1. The Hall–Kier alpha value is -3.77. The van der Waals surface area contributed by atoms with Gasteiger partial charge in [0.2, 0.25) is 10.0 Å². The molecule has 2 N–H and O–H groups in total. The number of rotatable bonds is 10. The highest BCUT2D eigenvalue weighted by Gasteiger charge is 2.24. The summed E-state index contributed by atoms with van der Waals surface area (Å²) in [4.78, 5) is 19.3. The minimum Gasteiger partial charge on any atom is -0.358 e. The summed E-state index contributed by atoms with van der Waals surface area (Å²) in [5, 5.41) is 6.81. The van der Waals surface area contributed by atoms with E-state index in [-0.39, 0.29) is 6.23 Å². The largest absolute Gasteiger partial charge is 0.358 e. The molecule has 1 fully saturated rings. The van der Waals surface area contributed by atoms with Crippen LogP contribution in [0.15, 0.2) is 30.5 Å². The Morgan fingerprint density at radius 2 is 1.86 bits per heavy atom. The van der Waals surface area contributed by atoms with Gasteiger partial charge in [0.1, 0.15) is 29.2 Å². The maximum Gasteiger partial charge on any atom is 0.232 e. The van der Waals surface area contributed by atoms with E-state index in [4.69, 9.17) is 19.7 Å². The van der Waals surface area contributed by atoms with E-state index in [9.17, 15) is 8.42 Å². The molecule has 0 aliphatic carbocycles. The van der Waals surface area contributed by atoms with E-state index in [1.165, 1.54) is 10.6 Å². The van der Waals surface area contributed by atoms with Gasteiger partial charge in [-0.25, -0.2) is 23.4 Å². The number of anilines is 5. The van der Waals surface area contributed by atoms with E-state index >= 15 is 0 Å². The summed E-state index contributed by atoms with van der Waals surface area (Å²) in [5.74, 6) is 1.94. The number of nitrogens with zero attached hydrogens (tertiary/aromatic N) is 6. The fourth-order valence-electron chi connectivity index (χ4n) is 5.22. The molecule has 0 spiro atoms. The summed E-state index contributed by atoms with van der Waals surface area (Å²) in [5.41, 5.74) is 6.00. The number of pyridine rings is 1. The summed E-state index contributed by atoms with van der Waals surface area (Å²) < 4.78 is 34.4. The van der Waals surface area contributed by atoms with Crippen molar-refractivity contribution in [1.82, 2.24) is 24.5 Å². The Morgan fingerprint density at radius 3 is 2.55 bits per heavy atom. The number of benzene rings is 1. The first-order valence-electron chi connectivity index (χ1n) is 14.5. The van der Waals surface area contributed by atoms with Crippen molar-refractivity contribution in [2.75, 3.05) is 34.8 Å². The molecule has 1 aromatic carbocycles. The number of hydrogen-bond donors (Lipinski definition) is 2. The number of nitrogens with one attached hydrogen (secondary N) is 2. The van der Waals surface area contributed by atoms with Crippen LogP contribution in [-0.2, 0) is 21.2 Å². The molecule has 0 bridgehead atoms. The lowest BCUT2D eigenvalue weighted by atomic mass is 10.1. The first-order valence-corrected chi connectivity index (χ1v) is 16.3. The van der Waals surface area contributed by atoms with Crippen molar-refractivity contribution in [2.45, 2.75) is 72.4 Å². The number of fused-ring (bicyclic) bond motifs is 1. The summed E-state index contributed by atoms with van der Waals surface area (Å²) in [7, 11) is -1.94. The summed E-state index contributed by atoms with van der Waals surface area (Å²) in [6, 6.07) is 7.54. The zero-order valence-corrected chi connectivity index (χ0v) is 26.0. The van der Waals surface area contributed by atoms with Crippen LogP contribution < -0.4 is 14.9 Å². The van der Waals surface area contributed by atoms with Gasteiger partial charge in [-0.15, -0.1) is 0 Å². The average molecular weight is 593 g/mol. The van der Waals surface area contributed by atoms with Crippen molar-refractivity contribution in [3.63, 3.8) is 0 Å². The second kappa shape index (κ2) is 12.2. The molecule has 0 radical (unpaired) electrons. The number of hydrogen-bond acceptors (Lipinski definition) is 9. The zero-order valence-electron chi connectivity index (χ0n) is 25.2. The Balaban J connectivity index is 1.61. The van der Waals surface area contributed by atoms with E-state index in [1.807, 2.05) is 49.6 Å². The number of aromatic nitrogens is 5. The van der Waals surface area contributed by atoms with Crippen LogP contribution in [0.1, 0.15) is 68.0 Å². The first kappa shape index (κ1) is 29.7. The predicted octanol–water partition coefficient (Wildman–Crippen LogP) is 6.07. The van der Waals surface area contributed by atoms with Gasteiger partial charge in [-0.05, 0) is 70.6 Å². The fourth-order valence-corrected chi connectivity index (χ4v) is 5.73. The monoisotopic (exact) mass is 592 g/mol. The van der Waals surface area contributed by atoms with Crippen molar-refractivity contribution in [2.24, 2.45) is 0 Å². The Morgan fingerprint density at radius 1 is 1.05 bits per heavy atom. The average Bonchev–Trinajstić information content (AvgIpc) is 3.29. The Bertz CT molecular complexity index is 1700. The predicted molar refractivity (Wildman–Crippen MR) is 167 cm³/mol. The van der Waals surface area contributed by atoms with Crippen LogP contribution >= 0.6 is 0 Å². The van der Waals surface area contributed by atoms with Crippen LogP contribution in [0.5, 0.6) is 0 Å². The fraction of sp³-hybridized carbons (Fsp3) is 0.467. The molecule has 3 aromatic heterocycles. The van der Waals surface area contributed by atoms with Crippen LogP contribution in [0.4, 0.5) is 28.7 Å². The lowest BCUT2D eigenvalue weighted by Crippen LogP contribution is -2.25. The van der Waals surface area contributed by atoms with Crippen LogP contribution in [0.25, 0.3) is 11.2 Å². The lowest BCUT2D eigenvalue weighted by Gasteiger charge is -2.25. The van der Waals surface area contributed by atoms with E-state index in [1.54, 1.807) is 13.2 Å². The second-order valence-corrected chi connectivity index (χ2v) is 13.0. The molecule has 1 aliphatic rings. The van der Waals surface area contributed by atoms with Crippen molar-refractivity contribution >= 4 is 49.9 Å². The van der Waals surface area contributed by atoms with Gasteiger partial charge in [0.25, 0.3) is 0 Å². The molecule has 1 atom stereocenters. The molecule has 1 unspecified atom stereocenters. The Kier molecular flexibility index (Phi) is 8.65. The maximum atomic E-state index is 12.5. The minimum atomic E-state index is -3.49.